The smallest absolute Gasteiger partial charge is 0.438 e. The van der Waals surface area contributed by atoms with Crippen molar-refractivity contribution in [3.05, 3.63) is 40.9 Å². The molecule has 0 fully saturated rings. The van der Waals surface area contributed by atoms with Crippen molar-refractivity contribution >= 4 is 28.1 Å². The van der Waals surface area contributed by atoms with Crippen LogP contribution in [0.4, 0.5) is 18.3 Å². The van der Waals surface area contributed by atoms with Gasteiger partial charge >= 0.3 is 12.1 Å². The van der Waals surface area contributed by atoms with Crippen LogP contribution in [0.3, 0.4) is 0 Å². The lowest BCUT2D eigenvalue weighted by Gasteiger charge is -2.32. The molecule has 1 aromatic heterocycles. The van der Waals surface area contributed by atoms with E-state index in [-0.39, 0.29) is 16.5 Å². The Labute approximate surface area is 155 Å². The van der Waals surface area contributed by atoms with Crippen molar-refractivity contribution < 1.29 is 32.5 Å². The molecule has 1 unspecified atom stereocenters. The second kappa shape index (κ2) is 6.82. The number of anilines is 1. The van der Waals surface area contributed by atoms with Crippen molar-refractivity contribution in [1.82, 2.24) is 4.98 Å². The molecule has 144 valence electrons. The van der Waals surface area contributed by atoms with Crippen molar-refractivity contribution in [2.24, 2.45) is 5.10 Å². The van der Waals surface area contributed by atoms with E-state index in [1.165, 1.54) is 12.5 Å². The second-order valence-corrected chi connectivity index (χ2v) is 6.42. The van der Waals surface area contributed by atoms with Crippen LogP contribution in [0.2, 0.25) is 0 Å². The summed E-state index contributed by atoms with van der Waals surface area (Å²) in [4.78, 5) is 15.3. The third-order valence-corrected chi connectivity index (χ3v) is 4.75. The number of hydrogen-bond donors (Lipinski definition) is 1. The molecule has 2 heterocycles. The fourth-order valence-electron chi connectivity index (χ4n) is 2.47. The zero-order valence-corrected chi connectivity index (χ0v) is 15.0. The molecule has 1 aromatic carbocycles. The maximum Gasteiger partial charge on any atom is 0.438 e. The van der Waals surface area contributed by atoms with Crippen LogP contribution < -0.4 is 9.75 Å². The summed E-state index contributed by atoms with van der Waals surface area (Å²) in [6, 6.07) is 6.23. The summed E-state index contributed by atoms with van der Waals surface area (Å²) in [5, 5.41) is 15.7. The van der Waals surface area contributed by atoms with Crippen molar-refractivity contribution in [3.8, 4) is 5.75 Å². The van der Waals surface area contributed by atoms with Crippen molar-refractivity contribution in [2.75, 3.05) is 19.2 Å². The number of halogens is 3. The molecule has 0 aliphatic carbocycles. The van der Waals surface area contributed by atoms with Gasteiger partial charge in [0.05, 0.1) is 26.4 Å². The highest BCUT2D eigenvalue weighted by Gasteiger charge is 2.62. The summed E-state index contributed by atoms with van der Waals surface area (Å²) in [6.07, 6.45) is -5.81. The number of esters is 1. The Morgan fingerprint density at radius 2 is 1.96 bits per heavy atom. The number of thiazole rings is 1. The van der Waals surface area contributed by atoms with Crippen LogP contribution in [-0.4, -0.2) is 47.9 Å². The van der Waals surface area contributed by atoms with Gasteiger partial charge in [-0.15, -0.1) is 11.3 Å². The summed E-state index contributed by atoms with van der Waals surface area (Å²) >= 11 is 0.739. The summed E-state index contributed by atoms with van der Waals surface area (Å²) in [5.74, 6) is -0.269. The number of nitrogens with zero attached hydrogens (tertiary/aromatic N) is 3. The third-order valence-electron chi connectivity index (χ3n) is 3.93. The minimum Gasteiger partial charge on any atom is -0.497 e. The molecule has 27 heavy (non-hydrogen) atoms. The number of hydrogen-bond acceptors (Lipinski definition) is 8. The summed E-state index contributed by atoms with van der Waals surface area (Å²) < 4.78 is 50.4. The highest BCUT2D eigenvalue weighted by Crippen LogP contribution is 2.44. The van der Waals surface area contributed by atoms with Crippen molar-refractivity contribution in [3.63, 3.8) is 0 Å². The monoisotopic (exact) mass is 401 g/mol. The highest BCUT2D eigenvalue weighted by molar-refractivity contribution is 7.14. The van der Waals surface area contributed by atoms with Crippen LogP contribution in [-0.2, 0) is 4.74 Å². The summed E-state index contributed by atoms with van der Waals surface area (Å²) in [7, 11) is 2.59. The number of carbonyl (C=O) groups is 1. The lowest BCUT2D eigenvalue weighted by Crippen LogP contribution is -2.55. The average Bonchev–Trinajstić information content (AvgIpc) is 3.26. The average molecular weight is 401 g/mol. The van der Waals surface area contributed by atoms with Gasteiger partial charge in [-0.25, -0.2) is 9.78 Å². The molecule has 11 heteroatoms. The van der Waals surface area contributed by atoms with E-state index >= 15 is 0 Å². The molecular formula is C16H14F3N3O4S. The van der Waals surface area contributed by atoms with Crippen LogP contribution in [0.25, 0.3) is 0 Å². The predicted octanol–water partition coefficient (Wildman–Crippen LogP) is 2.80. The molecule has 1 aliphatic rings. The minimum atomic E-state index is -5.01. The largest absolute Gasteiger partial charge is 0.497 e. The number of aromatic nitrogens is 1. The maximum atomic E-state index is 13.6. The van der Waals surface area contributed by atoms with Crippen LogP contribution in [0, 0.1) is 0 Å². The van der Waals surface area contributed by atoms with Gasteiger partial charge in [-0.2, -0.15) is 23.3 Å². The topological polar surface area (TPSA) is 84.2 Å². The van der Waals surface area contributed by atoms with Gasteiger partial charge < -0.3 is 14.6 Å². The number of aliphatic hydroxyl groups is 1. The van der Waals surface area contributed by atoms with E-state index in [4.69, 9.17) is 4.74 Å². The first-order chi connectivity index (χ1) is 12.7. The number of alkyl halides is 3. The Hall–Kier alpha value is -2.66. The molecule has 0 spiro atoms. The lowest BCUT2D eigenvalue weighted by molar-refractivity contribution is -0.254. The maximum absolute atomic E-state index is 13.6. The van der Waals surface area contributed by atoms with E-state index in [1.54, 1.807) is 24.3 Å². The van der Waals surface area contributed by atoms with Gasteiger partial charge in [0.1, 0.15) is 5.75 Å². The summed E-state index contributed by atoms with van der Waals surface area (Å²) in [5.41, 5.74) is -3.04. The van der Waals surface area contributed by atoms with Gasteiger partial charge in [0.2, 0.25) is 5.13 Å². The molecule has 1 atom stereocenters. The molecule has 0 amide bonds. The normalized spacial score (nSPS) is 19.8. The van der Waals surface area contributed by atoms with E-state index in [0.29, 0.717) is 16.3 Å². The molecule has 7 nitrogen and oxygen atoms in total. The Bertz CT molecular complexity index is 882. The second-order valence-electron chi connectivity index (χ2n) is 5.59. The van der Waals surface area contributed by atoms with Gasteiger partial charge in [0.15, 0.2) is 5.69 Å². The van der Waals surface area contributed by atoms with E-state index < -0.39 is 24.3 Å². The van der Waals surface area contributed by atoms with Crippen LogP contribution in [0.15, 0.2) is 34.7 Å². The van der Waals surface area contributed by atoms with Gasteiger partial charge in [-0.1, -0.05) is 0 Å². The first-order valence-corrected chi connectivity index (χ1v) is 8.42. The van der Waals surface area contributed by atoms with E-state index in [0.717, 1.165) is 18.4 Å². The van der Waals surface area contributed by atoms with Gasteiger partial charge in [-0.05, 0) is 29.8 Å². The Kier molecular flexibility index (Phi) is 4.82. The molecule has 0 radical (unpaired) electrons. The SMILES string of the molecule is COC(=O)c1csc(N2N=C(c3ccc(OC)cc3)CC2(O)C(F)(F)F)n1. The zero-order chi connectivity index (χ0) is 19.8. The highest BCUT2D eigenvalue weighted by atomic mass is 32.1. The first kappa shape index (κ1) is 19.1. The van der Waals surface area contributed by atoms with Gasteiger partial charge in [-0.3, -0.25) is 0 Å². The molecule has 0 bridgehead atoms. The van der Waals surface area contributed by atoms with Crippen LogP contribution >= 0.6 is 11.3 Å². The number of benzene rings is 1. The van der Waals surface area contributed by atoms with E-state index in [9.17, 15) is 23.1 Å². The Morgan fingerprint density at radius 3 is 2.52 bits per heavy atom. The fraction of sp³-hybridized carbons (Fsp3) is 0.312. The van der Waals surface area contributed by atoms with Crippen molar-refractivity contribution in [2.45, 2.75) is 18.3 Å². The summed E-state index contributed by atoms with van der Waals surface area (Å²) in [6.45, 7) is 0. The number of methoxy groups -OCH3 is 2. The Morgan fingerprint density at radius 1 is 1.30 bits per heavy atom. The number of carbonyl (C=O) groups excluding carboxylic acids is 1. The molecule has 2 aromatic rings. The van der Waals surface area contributed by atoms with Crippen molar-refractivity contribution in [1.29, 1.82) is 0 Å². The predicted molar refractivity (Wildman–Crippen MR) is 91.1 cm³/mol. The molecule has 1 aliphatic heterocycles. The third kappa shape index (κ3) is 3.35. The molecule has 1 N–H and O–H groups in total. The fourth-order valence-corrected chi connectivity index (χ4v) is 3.28. The van der Waals surface area contributed by atoms with Gasteiger partial charge in [0.25, 0.3) is 5.72 Å². The molecule has 3 rings (SSSR count). The molecular weight excluding hydrogens is 387 g/mol. The number of hydrazone groups is 1. The zero-order valence-electron chi connectivity index (χ0n) is 14.1. The number of ether oxygens (including phenoxy) is 2. The lowest BCUT2D eigenvalue weighted by atomic mass is 10.0. The first-order valence-electron chi connectivity index (χ1n) is 7.54. The quantitative estimate of drug-likeness (QED) is 0.794. The minimum absolute atomic E-state index is 0.0206. The van der Waals surface area contributed by atoms with Crippen LogP contribution in [0.5, 0.6) is 5.75 Å². The van der Waals surface area contributed by atoms with E-state index in [2.05, 4.69) is 14.8 Å². The Balaban J connectivity index is 2.02. The standard InChI is InChI=1S/C16H14F3N3O4S/c1-25-10-5-3-9(4-6-10)11-7-15(24,16(17,18)19)22(21-11)14-20-12(8-27-14)13(23)26-2/h3-6,8,24H,7H2,1-2H3. The van der Waals surface area contributed by atoms with Crippen LogP contribution in [0.1, 0.15) is 22.5 Å². The molecule has 0 saturated carbocycles. The number of rotatable bonds is 4. The molecule has 0 saturated heterocycles. The van der Waals surface area contributed by atoms with E-state index in [1.807, 2.05) is 0 Å². The van der Waals surface area contributed by atoms with Gasteiger partial charge in [0, 0.05) is 5.38 Å².